The second-order valence-corrected chi connectivity index (χ2v) is 6.99. The Labute approximate surface area is 135 Å². The standard InChI is InChI=1S/C18H23NO2S/c20-13-15-7-5-14(6-8-15)12-19-9-1-3-16(19)11-17(21)18-4-2-10-22-18/h2,4-8,10,16-17,20-21H,1,3,9,11-13H2/t16-,17-/m1/s1. The molecule has 1 aromatic carbocycles. The molecule has 1 aromatic heterocycles. The highest BCUT2D eigenvalue weighted by atomic mass is 32.1. The Hall–Kier alpha value is -1.20. The molecule has 1 saturated heterocycles. The average Bonchev–Trinajstić information content (AvgIpc) is 3.20. The van der Waals surface area contributed by atoms with E-state index in [9.17, 15) is 5.11 Å². The molecule has 118 valence electrons. The lowest BCUT2D eigenvalue weighted by molar-refractivity contribution is 0.120. The minimum Gasteiger partial charge on any atom is -0.392 e. The summed E-state index contributed by atoms with van der Waals surface area (Å²) in [5.74, 6) is 0. The Kier molecular flexibility index (Phi) is 5.26. The van der Waals surface area contributed by atoms with Crippen molar-refractivity contribution in [1.82, 2.24) is 4.90 Å². The fourth-order valence-electron chi connectivity index (χ4n) is 3.21. The third-order valence-corrected chi connectivity index (χ3v) is 5.43. The normalized spacial score (nSPS) is 20.4. The van der Waals surface area contributed by atoms with Gasteiger partial charge in [0.05, 0.1) is 12.7 Å². The molecule has 22 heavy (non-hydrogen) atoms. The zero-order valence-electron chi connectivity index (χ0n) is 12.7. The van der Waals surface area contributed by atoms with E-state index in [-0.39, 0.29) is 12.7 Å². The van der Waals surface area contributed by atoms with E-state index in [1.807, 2.05) is 29.6 Å². The molecule has 1 aliphatic heterocycles. The van der Waals surface area contributed by atoms with Gasteiger partial charge in [0.1, 0.15) is 0 Å². The molecule has 3 nitrogen and oxygen atoms in total. The third-order valence-electron chi connectivity index (χ3n) is 4.46. The zero-order valence-corrected chi connectivity index (χ0v) is 13.5. The molecule has 1 fully saturated rings. The van der Waals surface area contributed by atoms with Crippen LogP contribution in [0.5, 0.6) is 0 Å². The number of benzene rings is 1. The van der Waals surface area contributed by atoms with Crippen molar-refractivity contribution < 1.29 is 10.2 Å². The number of hydrogen-bond acceptors (Lipinski definition) is 4. The Balaban J connectivity index is 1.60. The number of nitrogens with zero attached hydrogens (tertiary/aromatic N) is 1. The maximum absolute atomic E-state index is 10.4. The number of likely N-dealkylation sites (tertiary alicyclic amines) is 1. The highest BCUT2D eigenvalue weighted by molar-refractivity contribution is 7.10. The molecule has 0 amide bonds. The summed E-state index contributed by atoms with van der Waals surface area (Å²) in [5.41, 5.74) is 2.23. The van der Waals surface area contributed by atoms with Crippen LogP contribution in [0.1, 0.15) is 41.4 Å². The van der Waals surface area contributed by atoms with Gasteiger partial charge in [-0.25, -0.2) is 0 Å². The predicted octanol–water partition coefficient (Wildman–Crippen LogP) is 3.33. The molecular weight excluding hydrogens is 294 g/mol. The molecule has 0 spiro atoms. The lowest BCUT2D eigenvalue weighted by Gasteiger charge is -2.26. The summed E-state index contributed by atoms with van der Waals surface area (Å²) >= 11 is 1.63. The Morgan fingerprint density at radius 3 is 2.64 bits per heavy atom. The first-order valence-corrected chi connectivity index (χ1v) is 8.78. The van der Waals surface area contributed by atoms with Crippen LogP contribution in [0.15, 0.2) is 41.8 Å². The van der Waals surface area contributed by atoms with Gasteiger partial charge in [-0.1, -0.05) is 30.3 Å². The monoisotopic (exact) mass is 317 g/mol. The molecule has 2 heterocycles. The van der Waals surface area contributed by atoms with E-state index in [0.717, 1.165) is 36.4 Å². The first-order chi connectivity index (χ1) is 10.8. The maximum Gasteiger partial charge on any atom is 0.0896 e. The molecule has 0 bridgehead atoms. The molecule has 3 rings (SSSR count). The number of rotatable bonds is 6. The molecule has 2 N–H and O–H groups in total. The van der Waals surface area contributed by atoms with E-state index in [1.165, 1.54) is 12.0 Å². The van der Waals surface area contributed by atoms with E-state index in [4.69, 9.17) is 5.11 Å². The smallest absolute Gasteiger partial charge is 0.0896 e. The van der Waals surface area contributed by atoms with E-state index in [2.05, 4.69) is 17.0 Å². The lowest BCUT2D eigenvalue weighted by atomic mass is 10.0. The minimum atomic E-state index is -0.345. The molecular formula is C18H23NO2S. The van der Waals surface area contributed by atoms with Gasteiger partial charge in [0.15, 0.2) is 0 Å². The zero-order chi connectivity index (χ0) is 15.4. The average molecular weight is 317 g/mol. The van der Waals surface area contributed by atoms with Crippen LogP contribution in [0.2, 0.25) is 0 Å². The van der Waals surface area contributed by atoms with E-state index >= 15 is 0 Å². The Bertz CT molecular complexity index is 567. The number of aliphatic hydroxyl groups excluding tert-OH is 2. The Morgan fingerprint density at radius 1 is 1.18 bits per heavy atom. The van der Waals surface area contributed by atoms with Gasteiger partial charge in [-0.05, 0) is 48.4 Å². The third kappa shape index (κ3) is 3.76. The van der Waals surface area contributed by atoms with Crippen LogP contribution in [0.3, 0.4) is 0 Å². The first kappa shape index (κ1) is 15.7. The quantitative estimate of drug-likeness (QED) is 0.859. The molecule has 0 unspecified atom stereocenters. The SMILES string of the molecule is OCc1ccc(CN2CCC[C@@H]2C[C@@H](O)c2cccs2)cc1. The van der Waals surface area contributed by atoms with Crippen LogP contribution in [0, 0.1) is 0 Å². The van der Waals surface area contributed by atoms with Crippen molar-refractivity contribution in [2.75, 3.05) is 6.54 Å². The van der Waals surface area contributed by atoms with Crippen molar-refractivity contribution in [3.8, 4) is 0 Å². The van der Waals surface area contributed by atoms with Crippen molar-refractivity contribution in [1.29, 1.82) is 0 Å². The molecule has 4 heteroatoms. The summed E-state index contributed by atoms with van der Waals surface area (Å²) < 4.78 is 0. The molecule has 2 aromatic rings. The van der Waals surface area contributed by atoms with Gasteiger partial charge in [0, 0.05) is 17.5 Å². The van der Waals surface area contributed by atoms with Gasteiger partial charge in [-0.15, -0.1) is 11.3 Å². The molecule has 1 aliphatic rings. The maximum atomic E-state index is 10.4. The topological polar surface area (TPSA) is 43.7 Å². The van der Waals surface area contributed by atoms with Crippen LogP contribution >= 0.6 is 11.3 Å². The summed E-state index contributed by atoms with van der Waals surface area (Å²) in [6, 6.07) is 12.6. The van der Waals surface area contributed by atoms with Crippen LogP contribution in [-0.2, 0) is 13.2 Å². The number of aliphatic hydroxyl groups is 2. The number of thiophene rings is 1. The summed E-state index contributed by atoms with van der Waals surface area (Å²) in [7, 11) is 0. The second-order valence-electron chi connectivity index (χ2n) is 6.01. The molecule has 0 radical (unpaired) electrons. The highest BCUT2D eigenvalue weighted by Gasteiger charge is 2.27. The van der Waals surface area contributed by atoms with Crippen molar-refractivity contribution in [2.24, 2.45) is 0 Å². The largest absolute Gasteiger partial charge is 0.392 e. The van der Waals surface area contributed by atoms with Gasteiger partial charge in [0.2, 0.25) is 0 Å². The summed E-state index contributed by atoms with van der Waals surface area (Å²) in [5, 5.41) is 21.5. The fraction of sp³-hybridized carbons (Fsp3) is 0.444. The van der Waals surface area contributed by atoms with Crippen LogP contribution in [0.4, 0.5) is 0 Å². The summed E-state index contributed by atoms with van der Waals surface area (Å²) in [6.07, 6.45) is 2.84. The van der Waals surface area contributed by atoms with Gasteiger partial charge in [-0.2, -0.15) is 0 Å². The van der Waals surface area contributed by atoms with Crippen LogP contribution < -0.4 is 0 Å². The lowest BCUT2D eigenvalue weighted by Crippen LogP contribution is -2.30. The van der Waals surface area contributed by atoms with E-state index in [1.54, 1.807) is 11.3 Å². The molecule has 2 atom stereocenters. The summed E-state index contributed by atoms with van der Waals surface area (Å²) in [4.78, 5) is 3.55. The minimum absolute atomic E-state index is 0.0969. The van der Waals surface area contributed by atoms with E-state index < -0.39 is 0 Å². The van der Waals surface area contributed by atoms with Crippen LogP contribution in [0.25, 0.3) is 0 Å². The van der Waals surface area contributed by atoms with Crippen molar-refractivity contribution >= 4 is 11.3 Å². The first-order valence-electron chi connectivity index (χ1n) is 7.90. The second kappa shape index (κ2) is 7.38. The van der Waals surface area contributed by atoms with Gasteiger partial charge >= 0.3 is 0 Å². The predicted molar refractivity (Wildman–Crippen MR) is 89.7 cm³/mol. The van der Waals surface area contributed by atoms with Gasteiger partial charge < -0.3 is 10.2 Å². The fourth-order valence-corrected chi connectivity index (χ4v) is 3.93. The van der Waals surface area contributed by atoms with Gasteiger partial charge in [-0.3, -0.25) is 4.90 Å². The highest BCUT2D eigenvalue weighted by Crippen LogP contribution is 2.30. The van der Waals surface area contributed by atoms with Crippen LogP contribution in [-0.4, -0.2) is 27.7 Å². The van der Waals surface area contributed by atoms with Crippen molar-refractivity contribution in [3.05, 3.63) is 57.8 Å². The summed E-state index contributed by atoms with van der Waals surface area (Å²) in [6.45, 7) is 2.12. The molecule has 0 saturated carbocycles. The van der Waals surface area contributed by atoms with Crippen molar-refractivity contribution in [2.45, 2.75) is 44.6 Å². The van der Waals surface area contributed by atoms with Crippen molar-refractivity contribution in [3.63, 3.8) is 0 Å². The van der Waals surface area contributed by atoms with Gasteiger partial charge in [0.25, 0.3) is 0 Å². The number of hydrogen-bond donors (Lipinski definition) is 2. The molecule has 0 aliphatic carbocycles. The Morgan fingerprint density at radius 2 is 1.95 bits per heavy atom. The van der Waals surface area contributed by atoms with E-state index in [0.29, 0.717) is 6.04 Å².